The summed E-state index contributed by atoms with van der Waals surface area (Å²) in [7, 11) is 0. The van der Waals surface area contributed by atoms with Gasteiger partial charge in [-0.1, -0.05) is 17.9 Å². The van der Waals surface area contributed by atoms with Gasteiger partial charge < -0.3 is 20.3 Å². The molecule has 5 rings (SSSR count). The largest absolute Gasteiger partial charge is 0.373 e. The summed E-state index contributed by atoms with van der Waals surface area (Å²) in [5, 5.41) is 7.71. The molecule has 10 heteroatoms. The lowest BCUT2D eigenvalue weighted by molar-refractivity contribution is -0.126. The Morgan fingerprint density at radius 2 is 1.97 bits per heavy atom. The fourth-order valence-electron chi connectivity index (χ4n) is 4.96. The smallest absolute Gasteiger partial charge is 0.248 e. The van der Waals surface area contributed by atoms with Gasteiger partial charge in [0, 0.05) is 50.5 Å². The zero-order valence-electron chi connectivity index (χ0n) is 21.0. The Morgan fingerprint density at radius 3 is 2.72 bits per heavy atom. The Balaban J connectivity index is 1.36. The third-order valence-electron chi connectivity index (χ3n) is 6.38. The average molecular weight is 508 g/mol. The van der Waals surface area contributed by atoms with Crippen LogP contribution in [0.2, 0.25) is 0 Å². The van der Waals surface area contributed by atoms with E-state index in [9.17, 15) is 4.79 Å². The fraction of sp³-hybridized carbons (Fsp3) is 0.462. The molecule has 0 bridgehead atoms. The predicted octanol–water partition coefficient (Wildman–Crippen LogP) is 4.03. The molecule has 0 saturated carbocycles. The van der Waals surface area contributed by atoms with Gasteiger partial charge in [-0.05, 0) is 57.0 Å². The lowest BCUT2D eigenvalue weighted by Crippen LogP contribution is -2.44. The minimum absolute atomic E-state index is 0.0170. The van der Waals surface area contributed by atoms with Gasteiger partial charge in [0.05, 0.1) is 12.2 Å². The fourth-order valence-corrected chi connectivity index (χ4v) is 5.78. The molecule has 2 N–H and O–H groups in total. The summed E-state index contributed by atoms with van der Waals surface area (Å²) in [6.07, 6.45) is 3.06. The number of carbonyl (C=O) groups is 1. The Morgan fingerprint density at radius 1 is 1.19 bits per heavy atom. The normalized spacial score (nSPS) is 22.6. The van der Waals surface area contributed by atoms with E-state index in [1.54, 1.807) is 13.1 Å². The summed E-state index contributed by atoms with van der Waals surface area (Å²) in [5.74, 6) is 1.54. The number of morpholine rings is 1. The van der Waals surface area contributed by atoms with E-state index in [-0.39, 0.29) is 24.2 Å². The van der Waals surface area contributed by atoms with Crippen LogP contribution in [0.4, 0.5) is 16.8 Å². The average Bonchev–Trinajstić information content (AvgIpc) is 3.44. The Bertz CT molecular complexity index is 1220. The number of thiazole rings is 1. The van der Waals surface area contributed by atoms with Crippen LogP contribution in [0.15, 0.2) is 42.6 Å². The van der Waals surface area contributed by atoms with Crippen molar-refractivity contribution in [3.8, 4) is 0 Å². The van der Waals surface area contributed by atoms with Crippen LogP contribution in [0.5, 0.6) is 0 Å². The standard InChI is InChI=1S/C26H33N7O2S/c1-16(2)25(34)33-9-7-20(15-33)28-22-10-19(14-32-12-17(3)35-18(4)13-32)11-23(30-22)31-26-29-21-6-5-8-27-24(21)36-26/h5-6,8,10-11,17-18,20H,1,7,9,12-15H2,2-4H3,(H2,28,29,30,31)/t17-,18+,20-/m0/s1. The maximum atomic E-state index is 12.3. The highest BCUT2D eigenvalue weighted by molar-refractivity contribution is 7.21. The second-order valence-corrected chi connectivity index (χ2v) is 10.8. The highest BCUT2D eigenvalue weighted by Crippen LogP contribution is 2.28. The molecule has 3 atom stereocenters. The molecule has 0 radical (unpaired) electrons. The van der Waals surface area contributed by atoms with Crippen molar-refractivity contribution < 1.29 is 9.53 Å². The van der Waals surface area contributed by atoms with Gasteiger partial charge in [0.25, 0.3) is 0 Å². The number of hydrogen-bond donors (Lipinski definition) is 2. The van der Waals surface area contributed by atoms with E-state index >= 15 is 0 Å². The lowest BCUT2D eigenvalue weighted by atomic mass is 10.1. The molecule has 3 aromatic heterocycles. The van der Waals surface area contributed by atoms with Gasteiger partial charge in [0.15, 0.2) is 5.13 Å². The van der Waals surface area contributed by atoms with E-state index in [0.29, 0.717) is 12.1 Å². The van der Waals surface area contributed by atoms with Crippen LogP contribution in [-0.4, -0.2) is 75.1 Å². The first-order valence-corrected chi connectivity index (χ1v) is 13.2. The quantitative estimate of drug-likeness (QED) is 0.463. The van der Waals surface area contributed by atoms with Crippen molar-refractivity contribution in [3.05, 3.63) is 48.2 Å². The Kier molecular flexibility index (Phi) is 7.17. The lowest BCUT2D eigenvalue weighted by Gasteiger charge is -2.35. The van der Waals surface area contributed by atoms with Crippen molar-refractivity contribution in [3.63, 3.8) is 0 Å². The van der Waals surface area contributed by atoms with Crippen LogP contribution in [-0.2, 0) is 16.1 Å². The van der Waals surface area contributed by atoms with Gasteiger partial charge in [-0.15, -0.1) is 0 Å². The first kappa shape index (κ1) is 24.6. The number of ether oxygens (including phenoxy) is 1. The summed E-state index contributed by atoms with van der Waals surface area (Å²) in [6, 6.07) is 8.18. The SMILES string of the molecule is C=C(C)C(=O)N1CC[C@H](Nc2cc(CN3C[C@@H](C)O[C@@H](C)C3)cc(Nc3nc4cccnc4s3)n2)C1. The van der Waals surface area contributed by atoms with Gasteiger partial charge in [-0.25, -0.2) is 15.0 Å². The van der Waals surface area contributed by atoms with Crippen LogP contribution in [0.1, 0.15) is 32.8 Å². The van der Waals surface area contributed by atoms with Crippen LogP contribution >= 0.6 is 11.3 Å². The van der Waals surface area contributed by atoms with Crippen molar-refractivity contribution in [1.29, 1.82) is 0 Å². The number of nitrogens with one attached hydrogen (secondary N) is 2. The van der Waals surface area contributed by atoms with E-state index in [0.717, 1.165) is 65.3 Å². The summed E-state index contributed by atoms with van der Waals surface area (Å²) in [5.41, 5.74) is 2.59. The molecule has 3 aromatic rings. The van der Waals surface area contributed by atoms with Gasteiger partial charge >= 0.3 is 0 Å². The number of likely N-dealkylation sites (tertiary alicyclic amines) is 1. The maximum Gasteiger partial charge on any atom is 0.248 e. The number of nitrogens with zero attached hydrogens (tertiary/aromatic N) is 5. The van der Waals surface area contributed by atoms with E-state index in [2.05, 4.69) is 58.1 Å². The van der Waals surface area contributed by atoms with E-state index in [1.165, 1.54) is 11.3 Å². The minimum Gasteiger partial charge on any atom is -0.373 e. The predicted molar refractivity (Wildman–Crippen MR) is 144 cm³/mol. The van der Waals surface area contributed by atoms with Crippen molar-refractivity contribution in [2.24, 2.45) is 0 Å². The van der Waals surface area contributed by atoms with Gasteiger partial charge in [-0.3, -0.25) is 9.69 Å². The number of rotatable bonds is 7. The van der Waals surface area contributed by atoms with Gasteiger partial charge in [-0.2, -0.15) is 0 Å². The van der Waals surface area contributed by atoms with Crippen molar-refractivity contribution in [2.45, 2.75) is 52.0 Å². The monoisotopic (exact) mass is 507 g/mol. The van der Waals surface area contributed by atoms with Gasteiger partial charge in [0.2, 0.25) is 5.91 Å². The van der Waals surface area contributed by atoms with Crippen LogP contribution in [0.3, 0.4) is 0 Å². The molecule has 2 aliphatic rings. The number of fused-ring (bicyclic) bond motifs is 1. The molecule has 36 heavy (non-hydrogen) atoms. The highest BCUT2D eigenvalue weighted by Gasteiger charge is 2.27. The Hall–Kier alpha value is -3.08. The van der Waals surface area contributed by atoms with Crippen molar-refractivity contribution in [2.75, 3.05) is 36.8 Å². The second-order valence-electron chi connectivity index (χ2n) is 9.83. The first-order chi connectivity index (χ1) is 17.3. The number of amides is 1. The molecule has 0 unspecified atom stereocenters. The van der Waals surface area contributed by atoms with Crippen LogP contribution < -0.4 is 10.6 Å². The summed E-state index contributed by atoms with van der Waals surface area (Å²) in [6.45, 7) is 13.7. The first-order valence-electron chi connectivity index (χ1n) is 12.4. The van der Waals surface area contributed by atoms with E-state index in [4.69, 9.17) is 9.72 Å². The topological polar surface area (TPSA) is 95.5 Å². The number of anilines is 3. The minimum atomic E-state index is 0.0170. The molecule has 9 nitrogen and oxygen atoms in total. The highest BCUT2D eigenvalue weighted by atomic mass is 32.1. The number of pyridine rings is 2. The third-order valence-corrected chi connectivity index (χ3v) is 7.28. The van der Waals surface area contributed by atoms with Crippen molar-refractivity contribution >= 4 is 44.4 Å². The zero-order valence-corrected chi connectivity index (χ0v) is 21.8. The number of hydrogen-bond acceptors (Lipinski definition) is 9. The summed E-state index contributed by atoms with van der Waals surface area (Å²) < 4.78 is 5.91. The Labute approximate surface area is 215 Å². The molecular weight excluding hydrogens is 474 g/mol. The molecule has 5 heterocycles. The van der Waals surface area contributed by atoms with Crippen LogP contribution in [0, 0.1) is 0 Å². The summed E-state index contributed by atoms with van der Waals surface area (Å²) in [4.78, 5) is 31.4. The molecule has 1 amide bonds. The van der Waals surface area contributed by atoms with Gasteiger partial charge in [0.1, 0.15) is 22.0 Å². The van der Waals surface area contributed by atoms with Crippen LogP contribution in [0.25, 0.3) is 10.3 Å². The third kappa shape index (κ3) is 5.83. The molecule has 0 aromatic carbocycles. The van der Waals surface area contributed by atoms with E-state index < -0.39 is 0 Å². The number of aromatic nitrogens is 3. The summed E-state index contributed by atoms with van der Waals surface area (Å²) >= 11 is 1.51. The molecular formula is C26H33N7O2S. The number of carbonyl (C=O) groups excluding carboxylic acids is 1. The second kappa shape index (κ2) is 10.5. The molecule has 2 fully saturated rings. The molecule has 2 saturated heterocycles. The zero-order chi connectivity index (χ0) is 25.2. The molecule has 190 valence electrons. The molecule has 2 aliphatic heterocycles. The maximum absolute atomic E-state index is 12.3. The van der Waals surface area contributed by atoms with E-state index in [1.807, 2.05) is 17.0 Å². The molecule has 0 aliphatic carbocycles. The molecule has 0 spiro atoms. The van der Waals surface area contributed by atoms with Crippen molar-refractivity contribution in [1.82, 2.24) is 24.8 Å².